The monoisotopic (exact) mass is 264 g/mol. The largest absolute Gasteiger partial charge is 0.321 e. The van der Waals surface area contributed by atoms with Crippen LogP contribution in [0.2, 0.25) is 5.02 Å². The SMILES string of the molecule is O=C(Nc1ccc(Cl)cc1)c1ncccc1S. The van der Waals surface area contributed by atoms with Gasteiger partial charge in [-0.25, -0.2) is 4.98 Å². The van der Waals surface area contributed by atoms with E-state index in [4.69, 9.17) is 11.6 Å². The number of thiol groups is 1. The van der Waals surface area contributed by atoms with E-state index < -0.39 is 0 Å². The fraction of sp³-hybridized carbons (Fsp3) is 0. The molecule has 86 valence electrons. The smallest absolute Gasteiger partial charge is 0.275 e. The second-order valence-corrected chi connectivity index (χ2v) is 4.25. The lowest BCUT2D eigenvalue weighted by atomic mass is 10.3. The number of nitrogens with zero attached hydrogens (tertiary/aromatic N) is 1. The Bertz CT molecular complexity index is 542. The van der Waals surface area contributed by atoms with Crippen LogP contribution in [0.5, 0.6) is 0 Å². The standard InChI is InChI=1S/C12H9ClN2OS/c13-8-3-5-9(6-4-8)15-12(16)11-10(17)2-1-7-14-11/h1-7,17H,(H,15,16). The number of carbonyl (C=O) groups is 1. The first kappa shape index (κ1) is 12.0. The van der Waals surface area contributed by atoms with Crippen LogP contribution in [0.25, 0.3) is 0 Å². The number of amides is 1. The predicted octanol–water partition coefficient (Wildman–Crippen LogP) is 3.28. The van der Waals surface area contributed by atoms with Crippen molar-refractivity contribution in [2.24, 2.45) is 0 Å². The number of aromatic nitrogens is 1. The summed E-state index contributed by atoms with van der Waals surface area (Å²) in [7, 11) is 0. The molecule has 0 saturated carbocycles. The molecule has 1 heterocycles. The van der Waals surface area contributed by atoms with Gasteiger partial charge in [-0.3, -0.25) is 4.79 Å². The van der Waals surface area contributed by atoms with Gasteiger partial charge in [0.25, 0.3) is 5.91 Å². The normalized spacial score (nSPS) is 10.0. The van der Waals surface area contributed by atoms with E-state index in [-0.39, 0.29) is 5.91 Å². The third-order valence-corrected chi connectivity index (χ3v) is 2.72. The first-order valence-corrected chi connectivity index (χ1v) is 5.70. The van der Waals surface area contributed by atoms with Gasteiger partial charge in [0.1, 0.15) is 5.69 Å². The van der Waals surface area contributed by atoms with Crippen molar-refractivity contribution in [3.8, 4) is 0 Å². The molecule has 1 N–H and O–H groups in total. The Balaban J connectivity index is 2.17. The molecule has 0 aliphatic carbocycles. The molecule has 0 bridgehead atoms. The lowest BCUT2D eigenvalue weighted by molar-refractivity contribution is 0.101. The van der Waals surface area contributed by atoms with Gasteiger partial charge in [0.15, 0.2) is 0 Å². The number of nitrogens with one attached hydrogen (secondary N) is 1. The highest BCUT2D eigenvalue weighted by Gasteiger charge is 2.10. The number of benzene rings is 1. The summed E-state index contributed by atoms with van der Waals surface area (Å²) in [5, 5.41) is 3.34. The van der Waals surface area contributed by atoms with Gasteiger partial charge in [0.2, 0.25) is 0 Å². The minimum absolute atomic E-state index is 0.294. The van der Waals surface area contributed by atoms with Crippen molar-refractivity contribution in [3.05, 3.63) is 53.3 Å². The molecule has 17 heavy (non-hydrogen) atoms. The Morgan fingerprint density at radius 2 is 1.94 bits per heavy atom. The quantitative estimate of drug-likeness (QED) is 0.818. The van der Waals surface area contributed by atoms with E-state index in [0.29, 0.717) is 21.3 Å². The van der Waals surface area contributed by atoms with Gasteiger partial charge in [0, 0.05) is 21.8 Å². The second-order valence-electron chi connectivity index (χ2n) is 3.33. The van der Waals surface area contributed by atoms with Crippen molar-refractivity contribution in [1.82, 2.24) is 4.98 Å². The van der Waals surface area contributed by atoms with Crippen LogP contribution >= 0.6 is 24.2 Å². The molecule has 2 rings (SSSR count). The van der Waals surface area contributed by atoms with Crippen LogP contribution in [0.1, 0.15) is 10.5 Å². The number of hydrogen-bond donors (Lipinski definition) is 2. The van der Waals surface area contributed by atoms with Crippen molar-refractivity contribution in [3.63, 3.8) is 0 Å². The summed E-state index contributed by atoms with van der Waals surface area (Å²) in [5.74, 6) is -0.294. The Morgan fingerprint density at radius 1 is 1.24 bits per heavy atom. The van der Waals surface area contributed by atoms with Gasteiger partial charge in [-0.2, -0.15) is 0 Å². The molecule has 5 heteroatoms. The molecule has 3 nitrogen and oxygen atoms in total. The van der Waals surface area contributed by atoms with Crippen LogP contribution < -0.4 is 5.32 Å². The summed E-state index contributed by atoms with van der Waals surface area (Å²) in [5.41, 5.74) is 0.962. The van der Waals surface area contributed by atoms with E-state index >= 15 is 0 Å². The van der Waals surface area contributed by atoms with Crippen LogP contribution in [0.4, 0.5) is 5.69 Å². The maximum atomic E-state index is 11.9. The first-order valence-electron chi connectivity index (χ1n) is 4.88. The number of pyridine rings is 1. The average Bonchev–Trinajstić information content (AvgIpc) is 2.32. The van der Waals surface area contributed by atoms with Gasteiger partial charge in [-0.15, -0.1) is 12.6 Å². The number of carbonyl (C=O) groups excluding carboxylic acids is 1. The molecule has 0 aliphatic rings. The van der Waals surface area contributed by atoms with Gasteiger partial charge in [-0.05, 0) is 36.4 Å². The second kappa shape index (κ2) is 5.21. The fourth-order valence-corrected chi connectivity index (χ4v) is 1.67. The highest BCUT2D eigenvalue weighted by Crippen LogP contribution is 2.16. The van der Waals surface area contributed by atoms with E-state index in [2.05, 4.69) is 22.9 Å². The van der Waals surface area contributed by atoms with E-state index in [1.165, 1.54) is 0 Å². The molecule has 1 amide bonds. The van der Waals surface area contributed by atoms with Gasteiger partial charge in [0.05, 0.1) is 0 Å². The van der Waals surface area contributed by atoms with E-state index in [9.17, 15) is 4.79 Å². The molecule has 0 radical (unpaired) electrons. The Morgan fingerprint density at radius 3 is 2.59 bits per heavy atom. The Labute approximate surface area is 109 Å². The minimum Gasteiger partial charge on any atom is -0.321 e. The summed E-state index contributed by atoms with van der Waals surface area (Å²) in [6, 6.07) is 10.3. The van der Waals surface area contributed by atoms with Crippen molar-refractivity contribution in [2.45, 2.75) is 4.90 Å². The maximum Gasteiger partial charge on any atom is 0.275 e. The molecule has 0 atom stereocenters. The summed E-state index contributed by atoms with van der Waals surface area (Å²) < 4.78 is 0. The zero-order chi connectivity index (χ0) is 12.3. The molecular formula is C12H9ClN2OS. The maximum absolute atomic E-state index is 11.9. The highest BCUT2D eigenvalue weighted by atomic mass is 35.5. The number of hydrogen-bond acceptors (Lipinski definition) is 3. The predicted molar refractivity (Wildman–Crippen MR) is 70.9 cm³/mol. The Hall–Kier alpha value is -1.52. The average molecular weight is 265 g/mol. The molecule has 2 aromatic rings. The van der Waals surface area contributed by atoms with Gasteiger partial charge >= 0.3 is 0 Å². The number of rotatable bonds is 2. The first-order chi connectivity index (χ1) is 8.16. The molecular weight excluding hydrogens is 256 g/mol. The summed E-state index contributed by atoms with van der Waals surface area (Å²) in [4.78, 5) is 16.4. The number of halogens is 1. The Kier molecular flexibility index (Phi) is 3.66. The van der Waals surface area contributed by atoms with Gasteiger partial charge in [-0.1, -0.05) is 11.6 Å². The third-order valence-electron chi connectivity index (χ3n) is 2.10. The molecule has 1 aromatic carbocycles. The van der Waals surface area contributed by atoms with Crippen LogP contribution in [0.15, 0.2) is 47.5 Å². The topological polar surface area (TPSA) is 42.0 Å². The summed E-state index contributed by atoms with van der Waals surface area (Å²) >= 11 is 9.93. The van der Waals surface area contributed by atoms with E-state index in [1.54, 1.807) is 42.6 Å². The van der Waals surface area contributed by atoms with Crippen molar-refractivity contribution < 1.29 is 4.79 Å². The van der Waals surface area contributed by atoms with Gasteiger partial charge < -0.3 is 5.32 Å². The summed E-state index contributed by atoms with van der Waals surface area (Å²) in [6.07, 6.45) is 1.55. The lowest BCUT2D eigenvalue weighted by Gasteiger charge is -2.05. The molecule has 0 fully saturated rings. The molecule has 1 aromatic heterocycles. The van der Waals surface area contributed by atoms with Crippen LogP contribution in [-0.2, 0) is 0 Å². The van der Waals surface area contributed by atoms with Crippen molar-refractivity contribution in [1.29, 1.82) is 0 Å². The molecule has 0 spiro atoms. The van der Waals surface area contributed by atoms with Crippen LogP contribution in [0.3, 0.4) is 0 Å². The molecule has 0 unspecified atom stereocenters. The van der Waals surface area contributed by atoms with E-state index in [0.717, 1.165) is 0 Å². The third kappa shape index (κ3) is 2.99. The van der Waals surface area contributed by atoms with Crippen molar-refractivity contribution >= 4 is 35.8 Å². The lowest BCUT2D eigenvalue weighted by Crippen LogP contribution is -2.14. The highest BCUT2D eigenvalue weighted by molar-refractivity contribution is 7.80. The van der Waals surface area contributed by atoms with Crippen LogP contribution in [0, 0.1) is 0 Å². The zero-order valence-electron chi connectivity index (χ0n) is 8.72. The van der Waals surface area contributed by atoms with Crippen LogP contribution in [-0.4, -0.2) is 10.9 Å². The fourth-order valence-electron chi connectivity index (χ4n) is 1.30. The van der Waals surface area contributed by atoms with Crippen molar-refractivity contribution in [2.75, 3.05) is 5.32 Å². The molecule has 0 saturated heterocycles. The molecule has 0 aliphatic heterocycles. The summed E-state index contributed by atoms with van der Waals surface area (Å²) in [6.45, 7) is 0. The number of anilines is 1. The zero-order valence-corrected chi connectivity index (χ0v) is 10.4. The minimum atomic E-state index is -0.294. The van der Waals surface area contributed by atoms with E-state index in [1.807, 2.05) is 0 Å².